The van der Waals surface area contributed by atoms with E-state index in [0.717, 1.165) is 24.5 Å². The number of rotatable bonds is 4. The minimum Gasteiger partial charge on any atom is -0.372 e. The fourth-order valence-electron chi connectivity index (χ4n) is 2.61. The van der Waals surface area contributed by atoms with Crippen molar-refractivity contribution in [2.45, 2.75) is 45.8 Å². The molecule has 110 valence electrons. The predicted octanol–water partition coefficient (Wildman–Crippen LogP) is 2.03. The van der Waals surface area contributed by atoms with Crippen molar-refractivity contribution in [1.82, 2.24) is 10.4 Å². The first kappa shape index (κ1) is 14.9. The van der Waals surface area contributed by atoms with Crippen molar-refractivity contribution >= 4 is 5.91 Å². The molecular weight excluding hydrogens is 254 g/mol. The van der Waals surface area contributed by atoms with Crippen molar-refractivity contribution in [3.8, 4) is 0 Å². The van der Waals surface area contributed by atoms with E-state index in [9.17, 15) is 4.79 Å². The normalized spacial score (nSPS) is 26.2. The lowest BCUT2D eigenvalue weighted by atomic mass is 9.80. The Labute approximate surface area is 119 Å². The highest BCUT2D eigenvalue weighted by Crippen LogP contribution is 2.31. The summed E-state index contributed by atoms with van der Waals surface area (Å²) < 4.78 is 5.93. The molecule has 20 heavy (non-hydrogen) atoms. The molecule has 1 aromatic heterocycles. The molecule has 1 heterocycles. The van der Waals surface area contributed by atoms with Crippen molar-refractivity contribution in [2.75, 3.05) is 0 Å². The number of carbonyl (C=O) groups excluding carboxylic acids is 1. The van der Waals surface area contributed by atoms with Crippen LogP contribution in [0.2, 0.25) is 0 Å². The lowest BCUT2D eigenvalue weighted by molar-refractivity contribution is -0.00878. The van der Waals surface area contributed by atoms with Crippen molar-refractivity contribution < 1.29 is 9.53 Å². The highest BCUT2D eigenvalue weighted by molar-refractivity contribution is 5.91. The van der Waals surface area contributed by atoms with E-state index < -0.39 is 0 Å². The van der Waals surface area contributed by atoms with Gasteiger partial charge in [-0.25, -0.2) is 10.8 Å². The lowest BCUT2D eigenvalue weighted by Crippen LogP contribution is -2.31. The van der Waals surface area contributed by atoms with Gasteiger partial charge < -0.3 is 4.74 Å². The second kappa shape index (κ2) is 6.81. The average Bonchev–Trinajstić information content (AvgIpc) is 2.48. The summed E-state index contributed by atoms with van der Waals surface area (Å²) in [6, 6.07) is 5.29. The van der Waals surface area contributed by atoms with Gasteiger partial charge >= 0.3 is 0 Å². The van der Waals surface area contributed by atoms with Gasteiger partial charge in [0.25, 0.3) is 5.91 Å². The first-order valence-electron chi connectivity index (χ1n) is 7.18. The number of amides is 1. The molecule has 0 aromatic carbocycles. The lowest BCUT2D eigenvalue weighted by Gasteiger charge is -2.31. The zero-order chi connectivity index (χ0) is 14.5. The molecular formula is C15H23N3O2. The third kappa shape index (κ3) is 3.77. The molecule has 5 nitrogen and oxygen atoms in total. The number of aromatic nitrogens is 1. The monoisotopic (exact) mass is 277 g/mol. The van der Waals surface area contributed by atoms with E-state index in [4.69, 9.17) is 10.6 Å². The van der Waals surface area contributed by atoms with Gasteiger partial charge in [0, 0.05) is 0 Å². The molecule has 1 amide bonds. The van der Waals surface area contributed by atoms with Gasteiger partial charge in [-0.2, -0.15) is 0 Å². The Morgan fingerprint density at radius 3 is 2.90 bits per heavy atom. The smallest absolute Gasteiger partial charge is 0.283 e. The van der Waals surface area contributed by atoms with Crippen LogP contribution in [0.1, 0.15) is 49.3 Å². The molecule has 3 unspecified atom stereocenters. The maximum Gasteiger partial charge on any atom is 0.283 e. The summed E-state index contributed by atoms with van der Waals surface area (Å²) in [7, 11) is 0. The Morgan fingerprint density at radius 1 is 1.40 bits per heavy atom. The molecule has 0 aliphatic heterocycles. The fraction of sp³-hybridized carbons (Fsp3) is 0.600. The third-order valence-electron chi connectivity index (χ3n) is 4.19. The molecule has 0 radical (unpaired) electrons. The molecule has 1 aliphatic rings. The molecule has 1 aromatic rings. The number of nitrogen functional groups attached to an aromatic ring is 1. The van der Waals surface area contributed by atoms with Crippen LogP contribution >= 0.6 is 0 Å². The fourth-order valence-corrected chi connectivity index (χ4v) is 2.61. The van der Waals surface area contributed by atoms with Gasteiger partial charge in [0.2, 0.25) is 0 Å². The Kier molecular flexibility index (Phi) is 5.09. The van der Waals surface area contributed by atoms with Gasteiger partial charge in [-0.05, 0) is 43.2 Å². The van der Waals surface area contributed by atoms with E-state index in [-0.39, 0.29) is 5.91 Å². The van der Waals surface area contributed by atoms with E-state index in [2.05, 4.69) is 24.3 Å². The van der Waals surface area contributed by atoms with Crippen LogP contribution in [0.15, 0.2) is 18.2 Å². The Bertz CT molecular complexity index is 464. The molecule has 0 bridgehead atoms. The zero-order valence-corrected chi connectivity index (χ0v) is 12.1. The van der Waals surface area contributed by atoms with Crippen molar-refractivity contribution in [2.24, 2.45) is 17.7 Å². The summed E-state index contributed by atoms with van der Waals surface area (Å²) in [5.74, 6) is 6.21. The van der Waals surface area contributed by atoms with Gasteiger partial charge in [0.15, 0.2) is 0 Å². The minimum atomic E-state index is -0.382. The van der Waals surface area contributed by atoms with Gasteiger partial charge in [-0.3, -0.25) is 10.2 Å². The predicted molar refractivity (Wildman–Crippen MR) is 76.6 cm³/mol. The van der Waals surface area contributed by atoms with E-state index in [1.165, 1.54) is 6.42 Å². The van der Waals surface area contributed by atoms with Gasteiger partial charge in [0.1, 0.15) is 5.69 Å². The number of hydrazine groups is 1. The molecule has 1 aliphatic carbocycles. The van der Waals surface area contributed by atoms with E-state index in [0.29, 0.717) is 24.3 Å². The van der Waals surface area contributed by atoms with E-state index in [1.54, 1.807) is 12.1 Å². The first-order valence-corrected chi connectivity index (χ1v) is 7.18. The van der Waals surface area contributed by atoms with Crippen molar-refractivity contribution in [3.05, 3.63) is 29.6 Å². The molecule has 3 atom stereocenters. The van der Waals surface area contributed by atoms with Crippen LogP contribution in [0.5, 0.6) is 0 Å². The second-order valence-electron chi connectivity index (χ2n) is 5.69. The number of pyridine rings is 1. The number of nitrogens with zero attached hydrogens (tertiary/aromatic N) is 1. The Hall–Kier alpha value is -1.46. The molecule has 0 saturated heterocycles. The molecule has 0 spiro atoms. The second-order valence-corrected chi connectivity index (χ2v) is 5.69. The zero-order valence-electron chi connectivity index (χ0n) is 12.1. The number of hydrogen-bond donors (Lipinski definition) is 2. The molecule has 2 rings (SSSR count). The summed E-state index contributed by atoms with van der Waals surface area (Å²) in [5, 5.41) is 0. The van der Waals surface area contributed by atoms with Crippen LogP contribution < -0.4 is 11.3 Å². The standard InChI is InChI=1S/C15H23N3O2/c1-10-6-7-13(8-11(10)2)20-9-12-4-3-5-14(17-12)15(19)18-16/h3-5,10-11,13H,6-9,16H2,1-2H3,(H,18,19). The number of ether oxygens (including phenoxy) is 1. The maximum absolute atomic E-state index is 11.4. The summed E-state index contributed by atoms with van der Waals surface area (Å²) in [6.45, 7) is 5.03. The minimum absolute atomic E-state index is 0.301. The van der Waals surface area contributed by atoms with Crippen LogP contribution in [0, 0.1) is 11.8 Å². The number of hydrogen-bond acceptors (Lipinski definition) is 4. The Balaban J connectivity index is 1.89. The van der Waals surface area contributed by atoms with E-state index >= 15 is 0 Å². The summed E-state index contributed by atoms with van der Waals surface area (Å²) >= 11 is 0. The Morgan fingerprint density at radius 2 is 2.20 bits per heavy atom. The third-order valence-corrected chi connectivity index (χ3v) is 4.19. The van der Waals surface area contributed by atoms with Crippen LogP contribution in [-0.2, 0) is 11.3 Å². The summed E-state index contributed by atoms with van der Waals surface area (Å²) in [4.78, 5) is 15.7. The van der Waals surface area contributed by atoms with Gasteiger partial charge in [-0.15, -0.1) is 0 Å². The van der Waals surface area contributed by atoms with E-state index in [1.807, 2.05) is 6.07 Å². The SMILES string of the molecule is CC1CCC(OCc2cccc(C(=O)NN)n2)CC1C. The molecule has 1 fully saturated rings. The quantitative estimate of drug-likeness (QED) is 0.501. The number of nitrogens with one attached hydrogen (secondary N) is 1. The van der Waals surface area contributed by atoms with Crippen LogP contribution in [0.3, 0.4) is 0 Å². The van der Waals surface area contributed by atoms with Crippen LogP contribution in [-0.4, -0.2) is 17.0 Å². The highest BCUT2D eigenvalue weighted by Gasteiger charge is 2.25. The average molecular weight is 277 g/mol. The molecule has 5 heteroatoms. The van der Waals surface area contributed by atoms with Gasteiger partial charge in [0.05, 0.1) is 18.4 Å². The summed E-state index contributed by atoms with van der Waals surface area (Å²) in [6.07, 6.45) is 3.73. The van der Waals surface area contributed by atoms with Crippen LogP contribution in [0.25, 0.3) is 0 Å². The maximum atomic E-state index is 11.4. The highest BCUT2D eigenvalue weighted by atomic mass is 16.5. The number of carbonyl (C=O) groups is 1. The van der Waals surface area contributed by atoms with Crippen molar-refractivity contribution in [1.29, 1.82) is 0 Å². The van der Waals surface area contributed by atoms with Crippen LogP contribution in [0.4, 0.5) is 0 Å². The molecule has 3 N–H and O–H groups in total. The van der Waals surface area contributed by atoms with Crippen molar-refractivity contribution in [3.63, 3.8) is 0 Å². The number of nitrogens with two attached hydrogens (primary N) is 1. The molecule has 1 saturated carbocycles. The topological polar surface area (TPSA) is 77.2 Å². The first-order chi connectivity index (χ1) is 9.60. The van der Waals surface area contributed by atoms with Gasteiger partial charge in [-0.1, -0.05) is 19.9 Å². The largest absolute Gasteiger partial charge is 0.372 e. The summed E-state index contributed by atoms with van der Waals surface area (Å²) in [5.41, 5.74) is 3.16.